The Bertz CT molecular complexity index is 1490. The number of aromatic nitrogens is 4. The SMILES string of the molecule is Cc1nn(C(C)c2cc(Cl)c(F)c3c2OC(C)CN(C2CC(C(=O)O)C2)C3)c2ncnc(N)c12.O=C(O)C(F)(F)F. The molecule has 3 heterocycles. The quantitative estimate of drug-likeness (QED) is 0.370. The molecule has 2 unspecified atom stereocenters. The molecule has 0 saturated heterocycles. The standard InChI is InChI=1S/C23H26ClFN6O3.C2HF3O2/c1-10-7-30(14-4-13(5-14)23(32)33)8-16-19(25)17(24)6-15(20(16)34-10)12(3)31-22-18(11(2)29-31)21(26)27-9-28-22;3-2(4,5)1(6)7/h6,9-10,12-14H,4-5,7-8H2,1-3H3,(H,32,33)(H2,26,27,28);(H,6,7). The van der Waals surface area contributed by atoms with Crippen LogP contribution in [0, 0.1) is 18.7 Å². The van der Waals surface area contributed by atoms with Gasteiger partial charge in [0.15, 0.2) is 5.65 Å². The minimum atomic E-state index is -5.08. The molecule has 1 aliphatic heterocycles. The van der Waals surface area contributed by atoms with Crippen LogP contribution in [-0.4, -0.2) is 71.7 Å². The van der Waals surface area contributed by atoms with Gasteiger partial charge in [0.1, 0.15) is 29.8 Å². The van der Waals surface area contributed by atoms with Crippen LogP contribution in [0.2, 0.25) is 5.02 Å². The number of halogens is 5. The number of aliphatic carboxylic acids is 2. The average Bonchev–Trinajstić information content (AvgIpc) is 3.08. The predicted molar refractivity (Wildman–Crippen MR) is 138 cm³/mol. The molecule has 0 bridgehead atoms. The highest BCUT2D eigenvalue weighted by atomic mass is 35.5. The molecule has 222 valence electrons. The lowest BCUT2D eigenvalue weighted by atomic mass is 9.79. The summed E-state index contributed by atoms with van der Waals surface area (Å²) in [7, 11) is 0. The molecule has 4 N–H and O–H groups in total. The zero-order valence-corrected chi connectivity index (χ0v) is 22.9. The summed E-state index contributed by atoms with van der Waals surface area (Å²) in [6, 6.07) is 1.27. The van der Waals surface area contributed by atoms with Crippen molar-refractivity contribution in [3.63, 3.8) is 0 Å². The molecular formula is C25H27ClF4N6O5. The fourth-order valence-corrected chi connectivity index (χ4v) is 5.28. The molecule has 2 atom stereocenters. The Morgan fingerprint density at radius 2 is 1.88 bits per heavy atom. The van der Waals surface area contributed by atoms with Gasteiger partial charge in [-0.2, -0.15) is 18.3 Å². The molecule has 1 saturated carbocycles. The number of ether oxygens (including phenoxy) is 1. The molecule has 1 aliphatic carbocycles. The van der Waals surface area contributed by atoms with E-state index in [2.05, 4.69) is 20.0 Å². The van der Waals surface area contributed by atoms with Crippen molar-refractivity contribution in [1.29, 1.82) is 0 Å². The van der Waals surface area contributed by atoms with Gasteiger partial charge in [-0.15, -0.1) is 0 Å². The lowest BCUT2D eigenvalue weighted by molar-refractivity contribution is -0.192. The van der Waals surface area contributed by atoms with Crippen molar-refractivity contribution >= 4 is 40.4 Å². The van der Waals surface area contributed by atoms with Crippen LogP contribution in [0.1, 0.15) is 49.6 Å². The Morgan fingerprint density at radius 3 is 2.46 bits per heavy atom. The first-order valence-corrected chi connectivity index (χ1v) is 12.9. The van der Waals surface area contributed by atoms with E-state index in [1.165, 1.54) is 6.33 Å². The first kappa shape index (κ1) is 30.2. The number of hydrogen-bond acceptors (Lipinski definition) is 8. The highest BCUT2D eigenvalue weighted by Crippen LogP contribution is 2.42. The smallest absolute Gasteiger partial charge is 0.489 e. The van der Waals surface area contributed by atoms with Crippen molar-refractivity contribution < 1.29 is 42.1 Å². The fraction of sp³-hybridized carbons (Fsp3) is 0.480. The summed E-state index contributed by atoms with van der Waals surface area (Å²) < 4.78 is 55.1. The first-order chi connectivity index (χ1) is 19.1. The van der Waals surface area contributed by atoms with Gasteiger partial charge in [-0.25, -0.2) is 23.8 Å². The van der Waals surface area contributed by atoms with Crippen LogP contribution in [0.15, 0.2) is 12.4 Å². The number of nitrogens with zero attached hydrogens (tertiary/aromatic N) is 5. The van der Waals surface area contributed by atoms with Crippen LogP contribution in [0.25, 0.3) is 11.0 Å². The minimum absolute atomic E-state index is 0.00181. The monoisotopic (exact) mass is 602 g/mol. The Labute approximate surface area is 235 Å². The Hall–Kier alpha value is -3.72. The maximum Gasteiger partial charge on any atom is 0.490 e. The summed E-state index contributed by atoms with van der Waals surface area (Å²) in [6.45, 7) is 6.54. The second kappa shape index (κ2) is 11.3. The van der Waals surface area contributed by atoms with Gasteiger partial charge >= 0.3 is 18.1 Å². The normalized spacial score (nSPS) is 21.5. The van der Waals surface area contributed by atoms with Crippen molar-refractivity contribution in [2.24, 2.45) is 5.92 Å². The van der Waals surface area contributed by atoms with E-state index in [4.69, 9.17) is 32.0 Å². The highest BCUT2D eigenvalue weighted by Gasteiger charge is 2.41. The molecule has 11 nitrogen and oxygen atoms in total. The second-order valence-electron chi connectivity index (χ2n) is 10.1. The van der Waals surface area contributed by atoms with E-state index in [9.17, 15) is 23.1 Å². The molecule has 1 fully saturated rings. The van der Waals surface area contributed by atoms with Crippen molar-refractivity contribution in [3.8, 4) is 5.75 Å². The van der Waals surface area contributed by atoms with Crippen molar-refractivity contribution in [2.75, 3.05) is 12.3 Å². The molecule has 0 radical (unpaired) electrons. The maximum absolute atomic E-state index is 15.3. The number of carboxylic acids is 2. The number of carboxylic acid groups (broad SMARTS) is 2. The largest absolute Gasteiger partial charge is 0.490 e. The van der Waals surface area contributed by atoms with Crippen molar-refractivity contribution in [3.05, 3.63) is 40.1 Å². The molecule has 3 aromatic rings. The number of benzene rings is 1. The number of hydrogen-bond donors (Lipinski definition) is 3. The summed E-state index contributed by atoms with van der Waals surface area (Å²) in [6.07, 6.45) is -2.84. The second-order valence-corrected chi connectivity index (χ2v) is 10.5. The highest BCUT2D eigenvalue weighted by molar-refractivity contribution is 6.31. The average molecular weight is 603 g/mol. The van der Waals surface area contributed by atoms with E-state index in [-0.39, 0.29) is 35.7 Å². The zero-order chi connectivity index (χ0) is 30.4. The lowest BCUT2D eigenvalue weighted by Crippen LogP contribution is -2.48. The third-order valence-corrected chi connectivity index (χ3v) is 7.47. The lowest BCUT2D eigenvalue weighted by Gasteiger charge is -2.41. The van der Waals surface area contributed by atoms with Gasteiger partial charge in [0.2, 0.25) is 0 Å². The molecule has 5 rings (SSSR count). The van der Waals surface area contributed by atoms with E-state index < -0.39 is 23.9 Å². The molecule has 41 heavy (non-hydrogen) atoms. The molecule has 16 heteroatoms. The number of carbonyl (C=O) groups is 2. The van der Waals surface area contributed by atoms with E-state index in [0.29, 0.717) is 58.8 Å². The number of rotatable bonds is 4. The van der Waals surface area contributed by atoms with E-state index in [1.807, 2.05) is 20.8 Å². The van der Waals surface area contributed by atoms with E-state index in [1.54, 1.807) is 10.7 Å². The van der Waals surface area contributed by atoms with E-state index >= 15 is 4.39 Å². The van der Waals surface area contributed by atoms with Gasteiger partial charge in [-0.3, -0.25) is 9.69 Å². The summed E-state index contributed by atoms with van der Waals surface area (Å²) >= 11 is 6.36. The number of nitrogen functional groups attached to an aromatic ring is 1. The van der Waals surface area contributed by atoms with Crippen LogP contribution in [0.4, 0.5) is 23.4 Å². The fourth-order valence-electron chi connectivity index (χ4n) is 5.05. The van der Waals surface area contributed by atoms with Gasteiger partial charge in [0.05, 0.1) is 28.1 Å². The van der Waals surface area contributed by atoms with Crippen LogP contribution in [0.5, 0.6) is 5.75 Å². The molecule has 0 amide bonds. The number of alkyl halides is 3. The van der Waals surface area contributed by atoms with Crippen LogP contribution < -0.4 is 10.5 Å². The maximum atomic E-state index is 15.3. The molecule has 2 aliphatic rings. The van der Waals surface area contributed by atoms with Crippen molar-refractivity contribution in [2.45, 2.75) is 64.5 Å². The Kier molecular flexibility index (Phi) is 8.32. The molecule has 2 aromatic heterocycles. The number of anilines is 1. The minimum Gasteiger partial charge on any atom is -0.489 e. The van der Waals surface area contributed by atoms with Crippen LogP contribution in [-0.2, 0) is 16.1 Å². The van der Waals surface area contributed by atoms with Crippen LogP contribution >= 0.6 is 11.6 Å². The van der Waals surface area contributed by atoms with Gasteiger partial charge in [-0.1, -0.05) is 11.6 Å². The first-order valence-electron chi connectivity index (χ1n) is 12.5. The van der Waals surface area contributed by atoms with Crippen molar-refractivity contribution in [1.82, 2.24) is 24.6 Å². The number of fused-ring (bicyclic) bond motifs is 2. The Morgan fingerprint density at radius 1 is 1.24 bits per heavy atom. The summed E-state index contributed by atoms with van der Waals surface area (Å²) in [5.41, 5.74) is 8.38. The summed E-state index contributed by atoms with van der Waals surface area (Å²) in [4.78, 5) is 30.7. The summed E-state index contributed by atoms with van der Waals surface area (Å²) in [5.74, 6) is -3.62. The van der Waals surface area contributed by atoms with E-state index in [0.717, 1.165) is 0 Å². The topological polar surface area (TPSA) is 157 Å². The summed E-state index contributed by atoms with van der Waals surface area (Å²) in [5, 5.41) is 21.7. The third kappa shape index (κ3) is 6.00. The Balaban J connectivity index is 0.000000493. The van der Waals surface area contributed by atoms with Gasteiger partial charge in [-0.05, 0) is 39.7 Å². The molecular weight excluding hydrogens is 576 g/mol. The van der Waals surface area contributed by atoms with Gasteiger partial charge in [0.25, 0.3) is 0 Å². The van der Waals surface area contributed by atoms with Gasteiger partial charge in [0, 0.05) is 30.3 Å². The molecule has 1 aromatic carbocycles. The number of nitrogens with two attached hydrogens (primary N) is 1. The van der Waals surface area contributed by atoms with Gasteiger partial charge < -0.3 is 20.7 Å². The number of aryl methyl sites for hydroxylation is 1. The third-order valence-electron chi connectivity index (χ3n) is 7.20. The molecule has 0 spiro atoms. The zero-order valence-electron chi connectivity index (χ0n) is 22.1. The predicted octanol–water partition coefficient (Wildman–Crippen LogP) is 4.20. The van der Waals surface area contributed by atoms with Crippen LogP contribution in [0.3, 0.4) is 0 Å².